The maximum atomic E-state index is 13.0. The smallest absolute Gasteiger partial charge is 0.335 e. The number of imide groups is 1. The second-order valence-corrected chi connectivity index (χ2v) is 7.36. The Morgan fingerprint density at radius 3 is 2.10 bits per heavy atom. The van der Waals surface area contributed by atoms with Crippen molar-refractivity contribution < 1.29 is 24.2 Å². The van der Waals surface area contributed by atoms with Crippen LogP contribution in [0.25, 0.3) is 0 Å². The summed E-state index contributed by atoms with van der Waals surface area (Å²) in [5.41, 5.74) is 1.63. The highest BCUT2D eigenvalue weighted by molar-refractivity contribution is 6.22. The number of ether oxygens (including phenoxy) is 1. The lowest BCUT2D eigenvalue weighted by Gasteiger charge is -2.38. The summed E-state index contributed by atoms with van der Waals surface area (Å²) in [5, 5.41) is 9.02. The fourth-order valence-corrected chi connectivity index (χ4v) is 4.01. The number of rotatable bonds is 5. The normalized spacial score (nSPS) is 20.0. The molecule has 0 spiro atoms. The number of hydrogen-bond acceptors (Lipinski definition) is 6. The van der Waals surface area contributed by atoms with Gasteiger partial charge in [-0.15, -0.1) is 0 Å². The number of amides is 2. The van der Waals surface area contributed by atoms with Crippen molar-refractivity contribution in [3.8, 4) is 5.75 Å². The van der Waals surface area contributed by atoms with E-state index in [1.807, 2.05) is 24.3 Å². The van der Waals surface area contributed by atoms with E-state index >= 15 is 0 Å². The fourth-order valence-electron chi connectivity index (χ4n) is 4.01. The summed E-state index contributed by atoms with van der Waals surface area (Å²) in [7, 11) is 1.64. The first-order valence-corrected chi connectivity index (χ1v) is 9.81. The second-order valence-electron chi connectivity index (χ2n) is 7.36. The molecule has 2 saturated heterocycles. The Bertz CT molecular complexity index is 950. The van der Waals surface area contributed by atoms with Crippen molar-refractivity contribution in [3.63, 3.8) is 0 Å². The molecular formula is C22H23N3O5. The van der Waals surface area contributed by atoms with Crippen LogP contribution in [0.4, 0.5) is 11.4 Å². The molecule has 0 aromatic heterocycles. The first-order valence-electron chi connectivity index (χ1n) is 9.81. The van der Waals surface area contributed by atoms with Crippen LogP contribution in [-0.2, 0) is 9.59 Å². The Labute approximate surface area is 174 Å². The molecule has 1 atom stereocenters. The topological polar surface area (TPSA) is 90.4 Å². The summed E-state index contributed by atoms with van der Waals surface area (Å²) in [6, 6.07) is 13.2. The molecule has 1 unspecified atom stereocenters. The number of aromatic carboxylic acids is 1. The van der Waals surface area contributed by atoms with Gasteiger partial charge in [0.05, 0.1) is 30.8 Å². The van der Waals surface area contributed by atoms with Gasteiger partial charge in [-0.1, -0.05) is 0 Å². The van der Waals surface area contributed by atoms with Gasteiger partial charge in [0, 0.05) is 31.9 Å². The highest BCUT2D eigenvalue weighted by Crippen LogP contribution is 2.28. The molecule has 2 aliphatic rings. The second kappa shape index (κ2) is 8.16. The minimum Gasteiger partial charge on any atom is -0.497 e. The van der Waals surface area contributed by atoms with Crippen molar-refractivity contribution in [3.05, 3.63) is 54.1 Å². The lowest BCUT2D eigenvalue weighted by Crippen LogP contribution is -2.52. The third-order valence-corrected chi connectivity index (χ3v) is 5.69. The van der Waals surface area contributed by atoms with Crippen molar-refractivity contribution >= 4 is 29.2 Å². The van der Waals surface area contributed by atoms with Crippen molar-refractivity contribution in [2.45, 2.75) is 12.5 Å². The number of carboxylic acid groups (broad SMARTS) is 1. The van der Waals surface area contributed by atoms with E-state index in [1.165, 1.54) is 29.2 Å². The summed E-state index contributed by atoms with van der Waals surface area (Å²) < 4.78 is 5.20. The molecule has 2 aliphatic heterocycles. The average molecular weight is 409 g/mol. The number of methoxy groups -OCH3 is 1. The molecule has 0 radical (unpaired) electrons. The predicted molar refractivity (Wildman–Crippen MR) is 111 cm³/mol. The van der Waals surface area contributed by atoms with Crippen LogP contribution in [0.3, 0.4) is 0 Å². The van der Waals surface area contributed by atoms with Gasteiger partial charge in [-0.3, -0.25) is 14.5 Å². The number of carboxylic acids is 1. The molecular weight excluding hydrogens is 386 g/mol. The predicted octanol–water partition coefficient (Wildman–Crippen LogP) is 1.85. The van der Waals surface area contributed by atoms with E-state index in [2.05, 4.69) is 9.80 Å². The molecule has 2 aromatic rings. The molecule has 0 aliphatic carbocycles. The van der Waals surface area contributed by atoms with Gasteiger partial charge in [0.25, 0.3) is 5.91 Å². The lowest BCUT2D eigenvalue weighted by molar-refractivity contribution is -0.123. The van der Waals surface area contributed by atoms with Gasteiger partial charge in [0.15, 0.2) is 0 Å². The highest BCUT2D eigenvalue weighted by Gasteiger charge is 2.43. The van der Waals surface area contributed by atoms with Gasteiger partial charge in [-0.25, -0.2) is 9.69 Å². The number of hydrogen-bond donors (Lipinski definition) is 1. The van der Waals surface area contributed by atoms with Gasteiger partial charge in [0.1, 0.15) is 5.75 Å². The largest absolute Gasteiger partial charge is 0.497 e. The molecule has 0 saturated carbocycles. The van der Waals surface area contributed by atoms with E-state index in [4.69, 9.17) is 9.84 Å². The number of benzene rings is 2. The molecule has 8 heteroatoms. The number of anilines is 2. The van der Waals surface area contributed by atoms with Crippen LogP contribution >= 0.6 is 0 Å². The summed E-state index contributed by atoms with van der Waals surface area (Å²) in [4.78, 5) is 42.0. The zero-order chi connectivity index (χ0) is 21.3. The van der Waals surface area contributed by atoms with E-state index < -0.39 is 12.0 Å². The van der Waals surface area contributed by atoms with Gasteiger partial charge in [-0.05, 0) is 48.5 Å². The quantitative estimate of drug-likeness (QED) is 0.754. The Morgan fingerprint density at radius 1 is 0.933 bits per heavy atom. The van der Waals surface area contributed by atoms with Gasteiger partial charge < -0.3 is 14.7 Å². The summed E-state index contributed by atoms with van der Waals surface area (Å²) in [6.07, 6.45) is 0.141. The molecule has 2 aromatic carbocycles. The molecule has 156 valence electrons. The van der Waals surface area contributed by atoms with Crippen LogP contribution in [0.15, 0.2) is 48.5 Å². The number of piperazine rings is 1. The maximum Gasteiger partial charge on any atom is 0.335 e. The highest BCUT2D eigenvalue weighted by atomic mass is 16.5. The van der Waals surface area contributed by atoms with Crippen LogP contribution in [0.5, 0.6) is 5.75 Å². The molecule has 8 nitrogen and oxygen atoms in total. The standard InChI is InChI=1S/C22H23N3O5/c1-30-18-8-6-16(7-9-18)23-10-12-24(13-11-23)19-14-20(26)25(21(19)27)17-4-2-15(3-5-17)22(28)29/h2-9,19H,10-14H2,1H3,(H,28,29). The molecule has 4 rings (SSSR count). The third-order valence-electron chi connectivity index (χ3n) is 5.69. The third kappa shape index (κ3) is 3.73. The zero-order valence-corrected chi connectivity index (χ0v) is 16.7. The number of nitrogens with zero attached hydrogens (tertiary/aromatic N) is 3. The molecule has 30 heavy (non-hydrogen) atoms. The van der Waals surface area contributed by atoms with Gasteiger partial charge in [0.2, 0.25) is 5.91 Å². The SMILES string of the molecule is COc1ccc(N2CCN(C3CC(=O)N(c4ccc(C(=O)O)cc4)C3=O)CC2)cc1. The van der Waals surface area contributed by atoms with Gasteiger partial charge in [-0.2, -0.15) is 0 Å². The van der Waals surface area contributed by atoms with Crippen LogP contribution < -0.4 is 14.5 Å². The Kier molecular flexibility index (Phi) is 5.41. The van der Waals surface area contributed by atoms with Crippen molar-refractivity contribution in [2.24, 2.45) is 0 Å². The van der Waals surface area contributed by atoms with Gasteiger partial charge >= 0.3 is 5.97 Å². The molecule has 2 amide bonds. The fraction of sp³-hybridized carbons (Fsp3) is 0.318. The molecule has 1 N–H and O–H groups in total. The van der Waals surface area contributed by atoms with Crippen molar-refractivity contribution in [2.75, 3.05) is 43.1 Å². The van der Waals surface area contributed by atoms with E-state index in [-0.39, 0.29) is 23.8 Å². The average Bonchev–Trinajstić information content (AvgIpc) is 3.08. The minimum atomic E-state index is -1.05. The Morgan fingerprint density at radius 2 is 1.53 bits per heavy atom. The van der Waals surface area contributed by atoms with Crippen LogP contribution in [0, 0.1) is 0 Å². The molecule has 2 heterocycles. The van der Waals surface area contributed by atoms with Crippen LogP contribution in [-0.4, -0.2) is 67.1 Å². The Hall–Kier alpha value is -3.39. The van der Waals surface area contributed by atoms with E-state index in [9.17, 15) is 14.4 Å². The summed E-state index contributed by atoms with van der Waals surface area (Å²) in [6.45, 7) is 2.89. The summed E-state index contributed by atoms with van der Waals surface area (Å²) >= 11 is 0. The van der Waals surface area contributed by atoms with Crippen LogP contribution in [0.1, 0.15) is 16.8 Å². The first-order chi connectivity index (χ1) is 14.5. The summed E-state index contributed by atoms with van der Waals surface area (Å²) in [5.74, 6) is -0.746. The lowest BCUT2D eigenvalue weighted by atomic mass is 10.1. The zero-order valence-electron chi connectivity index (χ0n) is 16.7. The number of carbonyl (C=O) groups is 3. The van der Waals surface area contributed by atoms with Crippen molar-refractivity contribution in [1.29, 1.82) is 0 Å². The van der Waals surface area contributed by atoms with E-state index in [0.29, 0.717) is 18.8 Å². The van der Waals surface area contributed by atoms with Crippen LogP contribution in [0.2, 0.25) is 0 Å². The van der Waals surface area contributed by atoms with E-state index in [0.717, 1.165) is 24.5 Å². The first kappa shape index (κ1) is 19.9. The monoisotopic (exact) mass is 409 g/mol. The van der Waals surface area contributed by atoms with E-state index in [1.54, 1.807) is 7.11 Å². The minimum absolute atomic E-state index is 0.115. The Balaban J connectivity index is 1.41. The maximum absolute atomic E-state index is 13.0. The molecule has 2 fully saturated rings. The number of carbonyl (C=O) groups excluding carboxylic acids is 2. The molecule has 0 bridgehead atoms. The van der Waals surface area contributed by atoms with Crippen molar-refractivity contribution in [1.82, 2.24) is 4.90 Å².